The Balaban J connectivity index is 1.29. The van der Waals surface area contributed by atoms with Gasteiger partial charge in [0.15, 0.2) is 5.78 Å². The smallest absolute Gasteiger partial charge is 0.407 e. The van der Waals surface area contributed by atoms with E-state index in [2.05, 4.69) is 34.4 Å². The number of Topliss-reactive ketones (excluding diaryl/α,β-unsaturated/α-hetero) is 1. The molecule has 1 fully saturated rings. The van der Waals surface area contributed by atoms with Gasteiger partial charge in [-0.3, -0.25) is 9.78 Å². The van der Waals surface area contributed by atoms with E-state index < -0.39 is 30.3 Å². The number of likely N-dealkylation sites (tertiary alicyclic amines) is 1. The molecule has 1 aliphatic heterocycles. The molecule has 3 atom stereocenters. The molecule has 2 aromatic heterocycles. The highest BCUT2D eigenvalue weighted by Gasteiger charge is 2.41. The molecule has 58 heavy (non-hydrogen) atoms. The summed E-state index contributed by atoms with van der Waals surface area (Å²) in [5, 5.41) is 8.95. The summed E-state index contributed by atoms with van der Waals surface area (Å²) in [6.07, 6.45) is -0.296. The number of nitrogens with one attached hydrogen (secondary N) is 2. The van der Waals surface area contributed by atoms with Crippen molar-refractivity contribution in [2.45, 2.75) is 103 Å². The number of alkyl carbamates (subject to hydrolysis) is 1. The van der Waals surface area contributed by atoms with Gasteiger partial charge in [0.1, 0.15) is 6.61 Å². The molecule has 1 saturated heterocycles. The van der Waals surface area contributed by atoms with E-state index >= 15 is 0 Å². The second-order valence-corrected chi connectivity index (χ2v) is 17.4. The predicted octanol–water partition coefficient (Wildman–Crippen LogP) is 9.03. The Kier molecular flexibility index (Phi) is 17.1. The van der Waals surface area contributed by atoms with Gasteiger partial charge in [-0.15, -0.1) is 22.7 Å². The molecule has 1 aliphatic rings. The summed E-state index contributed by atoms with van der Waals surface area (Å²) in [4.78, 5) is 54.0. The van der Waals surface area contributed by atoms with Crippen LogP contribution in [-0.2, 0) is 35.5 Å². The number of ether oxygens (including phenoxy) is 1. The molecule has 4 aromatic rings. The van der Waals surface area contributed by atoms with Crippen molar-refractivity contribution in [3.8, 4) is 0 Å². The molecular weight excluding hydrogens is 786 g/mol. The van der Waals surface area contributed by atoms with Crippen LogP contribution in [0, 0.1) is 11.8 Å². The highest BCUT2D eigenvalue weighted by atomic mass is 32.1. The third-order valence-electron chi connectivity index (χ3n) is 10.5. The van der Waals surface area contributed by atoms with Crippen LogP contribution in [0.2, 0.25) is 0 Å². The number of ketones is 1. The van der Waals surface area contributed by atoms with Gasteiger partial charge >= 0.3 is 18.3 Å². The SMILES string of the molecule is CC(C)c1nc(CN(C)C(=O)NC(CCN2CCC(C(F)(F)F)CC2)C(=O)CC(CCC(Cc2ccccc2)NC(=O)OCc2cncs2)Cc2ccccc2)cs1. The zero-order chi connectivity index (χ0) is 41.5. The Morgan fingerprint density at radius 1 is 0.931 bits per heavy atom. The largest absolute Gasteiger partial charge is 0.444 e. The van der Waals surface area contributed by atoms with E-state index in [1.165, 1.54) is 16.2 Å². The summed E-state index contributed by atoms with van der Waals surface area (Å²) in [5.41, 5.74) is 4.56. The minimum atomic E-state index is -4.22. The van der Waals surface area contributed by atoms with Crippen LogP contribution in [0.25, 0.3) is 0 Å². The fourth-order valence-corrected chi connectivity index (χ4v) is 8.55. The van der Waals surface area contributed by atoms with Crippen LogP contribution in [0.4, 0.5) is 22.8 Å². The predicted molar refractivity (Wildman–Crippen MR) is 222 cm³/mol. The van der Waals surface area contributed by atoms with Gasteiger partial charge in [0.2, 0.25) is 0 Å². The van der Waals surface area contributed by atoms with Gasteiger partial charge in [-0.2, -0.15) is 13.2 Å². The number of hydrogen-bond acceptors (Lipinski definition) is 9. The molecule has 314 valence electrons. The van der Waals surface area contributed by atoms with Crippen LogP contribution in [-0.4, -0.2) is 82.6 Å². The maximum Gasteiger partial charge on any atom is 0.407 e. The fourth-order valence-electron chi connectivity index (χ4n) is 7.21. The fraction of sp³-hybridized carbons (Fsp3) is 0.512. The van der Waals surface area contributed by atoms with E-state index in [0.717, 1.165) is 26.7 Å². The second kappa shape index (κ2) is 22.1. The Labute approximate surface area is 347 Å². The number of halogens is 3. The van der Waals surface area contributed by atoms with Crippen LogP contribution in [0.1, 0.15) is 85.0 Å². The van der Waals surface area contributed by atoms with E-state index in [4.69, 9.17) is 4.74 Å². The van der Waals surface area contributed by atoms with Gasteiger partial charge in [0.25, 0.3) is 0 Å². The van der Waals surface area contributed by atoms with Crippen LogP contribution in [0.5, 0.6) is 0 Å². The number of aromatic nitrogens is 2. The first kappa shape index (κ1) is 44.8. The van der Waals surface area contributed by atoms with E-state index in [9.17, 15) is 27.6 Å². The lowest BCUT2D eigenvalue weighted by atomic mass is 9.86. The molecule has 0 bridgehead atoms. The molecule has 0 radical (unpaired) electrons. The highest BCUT2D eigenvalue weighted by Crippen LogP contribution is 2.34. The van der Waals surface area contributed by atoms with Crippen molar-refractivity contribution in [2.24, 2.45) is 11.8 Å². The van der Waals surface area contributed by atoms with E-state index in [-0.39, 0.29) is 75.6 Å². The molecule has 0 saturated carbocycles. The number of hydrogen-bond donors (Lipinski definition) is 2. The number of carbonyl (C=O) groups excluding carboxylic acids is 3. The topological polar surface area (TPSA) is 117 Å². The van der Waals surface area contributed by atoms with Crippen molar-refractivity contribution in [1.82, 2.24) is 30.4 Å². The van der Waals surface area contributed by atoms with Gasteiger partial charge in [0.05, 0.1) is 39.6 Å². The third-order valence-corrected chi connectivity index (χ3v) is 12.5. The van der Waals surface area contributed by atoms with Crippen molar-refractivity contribution in [3.63, 3.8) is 0 Å². The average molecular weight is 841 g/mol. The first-order valence-corrected chi connectivity index (χ1v) is 21.7. The number of benzene rings is 2. The minimum absolute atomic E-state index is 0.0132. The van der Waals surface area contributed by atoms with Crippen molar-refractivity contribution >= 4 is 40.6 Å². The van der Waals surface area contributed by atoms with Gasteiger partial charge in [0, 0.05) is 43.5 Å². The first-order chi connectivity index (χ1) is 27.8. The molecular formula is C43H55F3N6O4S2. The number of thiazole rings is 2. The van der Waals surface area contributed by atoms with Crippen LogP contribution in [0.3, 0.4) is 0 Å². The summed E-state index contributed by atoms with van der Waals surface area (Å²) in [7, 11) is 1.66. The molecule has 3 unspecified atom stereocenters. The van der Waals surface area contributed by atoms with Crippen LogP contribution < -0.4 is 10.6 Å². The van der Waals surface area contributed by atoms with Gasteiger partial charge in [-0.05, 0) is 75.1 Å². The van der Waals surface area contributed by atoms with Crippen molar-refractivity contribution in [3.05, 3.63) is 104 Å². The number of nitrogens with zero attached hydrogens (tertiary/aromatic N) is 4. The molecule has 5 rings (SSSR count). The summed E-state index contributed by atoms with van der Waals surface area (Å²) in [5.74, 6) is -1.33. The number of amides is 3. The summed E-state index contributed by atoms with van der Waals surface area (Å²) in [6.45, 7) is 5.44. The Morgan fingerprint density at radius 2 is 1.60 bits per heavy atom. The number of carbonyl (C=O) groups is 3. The van der Waals surface area contributed by atoms with E-state index in [0.29, 0.717) is 32.2 Å². The van der Waals surface area contributed by atoms with E-state index in [1.54, 1.807) is 30.1 Å². The molecule has 15 heteroatoms. The van der Waals surface area contributed by atoms with Crippen molar-refractivity contribution in [1.29, 1.82) is 0 Å². The molecule has 0 aliphatic carbocycles. The Hall–Kier alpha value is -4.34. The van der Waals surface area contributed by atoms with Gasteiger partial charge in [-0.1, -0.05) is 74.5 Å². The first-order valence-electron chi connectivity index (χ1n) is 20.0. The number of piperidine rings is 1. The molecule has 0 spiro atoms. The molecule has 2 N–H and O–H groups in total. The molecule has 2 aromatic carbocycles. The summed E-state index contributed by atoms with van der Waals surface area (Å²) < 4.78 is 45.7. The van der Waals surface area contributed by atoms with Crippen molar-refractivity contribution < 1.29 is 32.3 Å². The zero-order valence-corrected chi connectivity index (χ0v) is 35.1. The van der Waals surface area contributed by atoms with Gasteiger partial charge < -0.3 is 25.2 Å². The summed E-state index contributed by atoms with van der Waals surface area (Å²) >= 11 is 2.95. The number of urea groups is 1. The maximum absolute atomic E-state index is 14.4. The second-order valence-electron chi connectivity index (χ2n) is 15.5. The molecule has 3 amide bonds. The number of rotatable bonds is 20. The van der Waals surface area contributed by atoms with Crippen LogP contribution in [0.15, 0.2) is 77.8 Å². The highest BCUT2D eigenvalue weighted by molar-refractivity contribution is 7.09. The normalized spacial score (nSPS) is 15.4. The Morgan fingerprint density at radius 3 is 2.21 bits per heavy atom. The average Bonchev–Trinajstić information content (AvgIpc) is 3.91. The summed E-state index contributed by atoms with van der Waals surface area (Å²) in [6, 6.07) is 18.2. The quantitative estimate of drug-likeness (QED) is 0.0913. The van der Waals surface area contributed by atoms with Gasteiger partial charge in [-0.25, -0.2) is 14.6 Å². The van der Waals surface area contributed by atoms with Crippen molar-refractivity contribution in [2.75, 3.05) is 26.7 Å². The lowest BCUT2D eigenvalue weighted by molar-refractivity contribution is -0.185. The lowest BCUT2D eigenvalue weighted by Gasteiger charge is -2.34. The monoisotopic (exact) mass is 840 g/mol. The van der Waals surface area contributed by atoms with Crippen LogP contribution >= 0.6 is 22.7 Å². The number of alkyl halides is 3. The maximum atomic E-state index is 14.4. The van der Waals surface area contributed by atoms with E-state index in [1.807, 2.05) is 70.9 Å². The standard InChI is InChI=1S/C43H55F3N6O4S2/c1-30(2)40-48-36(28-57-40)26-51(3)41(54)50-38(18-21-52-19-16-34(17-20-52)43(44,45)46)39(53)24-33(22-31-10-6-4-7-11-31)14-15-35(23-32-12-8-5-9-13-32)49-42(55)56-27-37-25-47-29-58-37/h4-13,25,28-30,33-35,38H,14-24,26-27H2,1-3H3,(H,49,55)(H,50,54). The molecule has 3 heterocycles. The lowest BCUT2D eigenvalue weighted by Crippen LogP contribution is -2.49. The zero-order valence-electron chi connectivity index (χ0n) is 33.5. The Bertz CT molecular complexity index is 1840. The minimum Gasteiger partial charge on any atom is -0.444 e. The third kappa shape index (κ3) is 14.8. The molecule has 10 nitrogen and oxygen atoms in total.